The molecule has 8 nitrogen and oxygen atoms in total. The first-order chi connectivity index (χ1) is 13.0. The fourth-order valence-corrected chi connectivity index (χ4v) is 3.12. The van der Waals surface area contributed by atoms with E-state index in [-0.39, 0.29) is 29.2 Å². The van der Waals surface area contributed by atoms with Crippen LogP contribution < -0.4 is 10.2 Å². The number of carbonyl (C=O) groups is 4. The first-order valence-electron chi connectivity index (χ1n) is 8.28. The zero-order valence-corrected chi connectivity index (χ0v) is 14.4. The molecular formula is C19H15N3O5. The molecule has 1 N–H and O–H groups in total. The van der Waals surface area contributed by atoms with Gasteiger partial charge in [0.15, 0.2) is 0 Å². The molecule has 8 heteroatoms. The van der Waals surface area contributed by atoms with Crippen LogP contribution in [0.15, 0.2) is 42.5 Å². The smallest absolute Gasteiger partial charge is 0.414 e. The summed E-state index contributed by atoms with van der Waals surface area (Å²) in [5.74, 6) is -1.28. The summed E-state index contributed by atoms with van der Waals surface area (Å²) in [6.45, 7) is 0.684. The fraction of sp³-hybridized carbons (Fsp3) is 0.158. The summed E-state index contributed by atoms with van der Waals surface area (Å²) in [5, 5.41) is 2.75. The molecule has 27 heavy (non-hydrogen) atoms. The van der Waals surface area contributed by atoms with Crippen molar-refractivity contribution in [3.63, 3.8) is 0 Å². The Morgan fingerprint density at radius 1 is 1.04 bits per heavy atom. The third-order valence-corrected chi connectivity index (χ3v) is 4.56. The summed E-state index contributed by atoms with van der Waals surface area (Å²) >= 11 is 0. The van der Waals surface area contributed by atoms with Crippen LogP contribution in [0.3, 0.4) is 0 Å². The Balaban J connectivity index is 1.62. The lowest BCUT2D eigenvalue weighted by Crippen LogP contribution is -2.25. The molecule has 0 radical (unpaired) electrons. The molecule has 2 aromatic rings. The predicted molar refractivity (Wildman–Crippen MR) is 96.0 cm³/mol. The number of hydrogen-bond acceptors (Lipinski definition) is 5. The lowest BCUT2D eigenvalue weighted by Gasteiger charge is -2.17. The molecule has 0 aliphatic carbocycles. The number of para-hydroxylation sites is 2. The Hall–Kier alpha value is -3.68. The first kappa shape index (κ1) is 16.8. The fourth-order valence-electron chi connectivity index (χ4n) is 3.12. The van der Waals surface area contributed by atoms with Gasteiger partial charge in [0.2, 0.25) is 0 Å². The van der Waals surface area contributed by atoms with Gasteiger partial charge in [-0.2, -0.15) is 0 Å². The lowest BCUT2D eigenvalue weighted by atomic mass is 10.1. The van der Waals surface area contributed by atoms with E-state index in [0.29, 0.717) is 17.9 Å². The van der Waals surface area contributed by atoms with Crippen molar-refractivity contribution in [2.24, 2.45) is 0 Å². The van der Waals surface area contributed by atoms with Crippen LogP contribution in [0.5, 0.6) is 0 Å². The molecule has 2 aromatic carbocycles. The highest BCUT2D eigenvalue weighted by Gasteiger charge is 2.33. The van der Waals surface area contributed by atoms with E-state index in [1.54, 1.807) is 24.3 Å². The first-order valence-corrected chi connectivity index (χ1v) is 8.28. The quantitative estimate of drug-likeness (QED) is 0.841. The Morgan fingerprint density at radius 3 is 2.52 bits per heavy atom. The molecule has 2 aliphatic heterocycles. The van der Waals surface area contributed by atoms with Gasteiger partial charge in [-0.25, -0.2) is 4.79 Å². The highest BCUT2D eigenvalue weighted by atomic mass is 16.6. The van der Waals surface area contributed by atoms with Crippen molar-refractivity contribution < 1.29 is 23.9 Å². The van der Waals surface area contributed by atoms with Crippen LogP contribution in [0.25, 0.3) is 0 Å². The standard InChI is InChI=1S/C19H15N3O5/c1-21-17(24)12-7-6-11(10-13(12)18(21)25)16(23)20-14-4-2-3-5-15(14)22-8-9-27-19(22)26/h2-7,10H,8-9H2,1H3,(H,20,23). The van der Waals surface area contributed by atoms with Crippen LogP contribution in [0, 0.1) is 0 Å². The number of cyclic esters (lactones) is 1. The average Bonchev–Trinajstić information content (AvgIpc) is 3.19. The maximum absolute atomic E-state index is 12.7. The van der Waals surface area contributed by atoms with Gasteiger partial charge in [0.1, 0.15) is 6.61 Å². The Labute approximate surface area is 154 Å². The van der Waals surface area contributed by atoms with Crippen molar-refractivity contribution in [2.75, 3.05) is 30.4 Å². The van der Waals surface area contributed by atoms with E-state index < -0.39 is 17.9 Å². The van der Waals surface area contributed by atoms with Crippen molar-refractivity contribution in [3.05, 3.63) is 59.2 Å². The van der Waals surface area contributed by atoms with E-state index in [2.05, 4.69) is 5.32 Å². The minimum absolute atomic E-state index is 0.201. The summed E-state index contributed by atoms with van der Waals surface area (Å²) < 4.78 is 4.95. The predicted octanol–water partition coefficient (Wildman–Crippen LogP) is 2.12. The van der Waals surface area contributed by atoms with Crippen LogP contribution in [0.4, 0.5) is 16.2 Å². The highest BCUT2D eigenvalue weighted by Crippen LogP contribution is 2.29. The largest absolute Gasteiger partial charge is 0.447 e. The number of nitrogens with one attached hydrogen (secondary N) is 1. The number of ether oxygens (including phenoxy) is 1. The number of hydrogen-bond donors (Lipinski definition) is 1. The van der Waals surface area contributed by atoms with Gasteiger partial charge < -0.3 is 10.1 Å². The highest BCUT2D eigenvalue weighted by molar-refractivity contribution is 6.22. The van der Waals surface area contributed by atoms with Crippen molar-refractivity contribution in [1.82, 2.24) is 4.90 Å². The Kier molecular flexibility index (Phi) is 3.88. The zero-order chi connectivity index (χ0) is 19.1. The van der Waals surface area contributed by atoms with Gasteiger partial charge in [-0.05, 0) is 30.3 Å². The average molecular weight is 365 g/mol. The van der Waals surface area contributed by atoms with Crippen molar-refractivity contribution in [1.29, 1.82) is 0 Å². The van der Waals surface area contributed by atoms with Crippen LogP contribution >= 0.6 is 0 Å². The Morgan fingerprint density at radius 2 is 1.78 bits per heavy atom. The zero-order valence-electron chi connectivity index (χ0n) is 14.4. The van der Waals surface area contributed by atoms with E-state index in [1.807, 2.05) is 0 Å². The Bertz CT molecular complexity index is 1000. The molecule has 1 fully saturated rings. The molecule has 0 atom stereocenters. The number of benzene rings is 2. The minimum atomic E-state index is -0.471. The molecule has 0 bridgehead atoms. The molecule has 1 saturated heterocycles. The third kappa shape index (κ3) is 2.71. The molecular weight excluding hydrogens is 350 g/mol. The van der Waals surface area contributed by atoms with Crippen molar-refractivity contribution in [3.8, 4) is 0 Å². The lowest BCUT2D eigenvalue weighted by molar-refractivity contribution is 0.0693. The molecule has 2 heterocycles. The van der Waals surface area contributed by atoms with E-state index in [9.17, 15) is 19.2 Å². The van der Waals surface area contributed by atoms with Gasteiger partial charge in [0.25, 0.3) is 17.7 Å². The molecule has 0 spiro atoms. The van der Waals surface area contributed by atoms with Gasteiger partial charge in [0.05, 0.1) is 29.0 Å². The second-order valence-corrected chi connectivity index (χ2v) is 6.17. The maximum atomic E-state index is 12.7. The topological polar surface area (TPSA) is 96.0 Å². The maximum Gasteiger partial charge on any atom is 0.414 e. The normalized spacial score (nSPS) is 15.8. The number of fused-ring (bicyclic) bond motifs is 1. The third-order valence-electron chi connectivity index (χ3n) is 4.56. The molecule has 136 valence electrons. The van der Waals surface area contributed by atoms with Crippen LogP contribution in [0.2, 0.25) is 0 Å². The molecule has 0 aromatic heterocycles. The summed E-state index contributed by atoms with van der Waals surface area (Å²) in [4.78, 5) is 51.0. The summed E-state index contributed by atoms with van der Waals surface area (Å²) in [6, 6.07) is 11.2. The summed E-state index contributed by atoms with van der Waals surface area (Å²) in [7, 11) is 1.40. The SMILES string of the molecule is CN1C(=O)c2ccc(C(=O)Nc3ccccc3N3CCOC3=O)cc2C1=O. The summed E-state index contributed by atoms with van der Waals surface area (Å²) in [6.07, 6.45) is -0.471. The number of nitrogens with zero attached hydrogens (tertiary/aromatic N) is 2. The van der Waals surface area contributed by atoms with E-state index in [1.165, 1.54) is 30.1 Å². The number of carbonyl (C=O) groups excluding carboxylic acids is 4. The second kappa shape index (κ2) is 6.24. The van der Waals surface area contributed by atoms with Crippen LogP contribution in [-0.2, 0) is 4.74 Å². The van der Waals surface area contributed by atoms with E-state index >= 15 is 0 Å². The molecule has 4 rings (SSSR count). The van der Waals surface area contributed by atoms with Gasteiger partial charge in [-0.3, -0.25) is 24.2 Å². The van der Waals surface area contributed by atoms with E-state index in [0.717, 1.165) is 4.90 Å². The summed E-state index contributed by atoms with van der Waals surface area (Å²) in [5.41, 5.74) is 1.69. The van der Waals surface area contributed by atoms with Gasteiger partial charge in [-0.15, -0.1) is 0 Å². The minimum Gasteiger partial charge on any atom is -0.447 e. The van der Waals surface area contributed by atoms with Crippen molar-refractivity contribution >= 4 is 35.2 Å². The van der Waals surface area contributed by atoms with Gasteiger partial charge >= 0.3 is 6.09 Å². The second-order valence-electron chi connectivity index (χ2n) is 6.17. The van der Waals surface area contributed by atoms with E-state index in [4.69, 9.17) is 4.74 Å². The molecule has 0 saturated carbocycles. The molecule has 2 aliphatic rings. The van der Waals surface area contributed by atoms with Crippen molar-refractivity contribution in [2.45, 2.75) is 0 Å². The number of anilines is 2. The van der Waals surface area contributed by atoms with Gasteiger partial charge in [-0.1, -0.05) is 12.1 Å². The van der Waals surface area contributed by atoms with Crippen LogP contribution in [-0.4, -0.2) is 48.9 Å². The number of imide groups is 1. The molecule has 0 unspecified atom stereocenters. The number of amides is 4. The number of rotatable bonds is 3. The van der Waals surface area contributed by atoms with Gasteiger partial charge in [0, 0.05) is 12.6 Å². The monoisotopic (exact) mass is 365 g/mol. The van der Waals surface area contributed by atoms with Crippen LogP contribution in [0.1, 0.15) is 31.1 Å². The molecule has 4 amide bonds.